The van der Waals surface area contributed by atoms with E-state index in [0.29, 0.717) is 5.69 Å². The Morgan fingerprint density at radius 1 is 1.35 bits per heavy atom. The van der Waals surface area contributed by atoms with Gasteiger partial charge in [0.1, 0.15) is 23.7 Å². The maximum absolute atomic E-state index is 13.6. The first kappa shape index (κ1) is 14.1. The van der Waals surface area contributed by atoms with Gasteiger partial charge in [-0.25, -0.2) is 9.18 Å². The van der Waals surface area contributed by atoms with Gasteiger partial charge < -0.3 is 15.6 Å². The summed E-state index contributed by atoms with van der Waals surface area (Å²) < 4.78 is 18.9. The molecule has 104 valence electrons. The number of nitrogen functional groups attached to an aromatic ring is 1. The Morgan fingerprint density at radius 2 is 2.10 bits per heavy atom. The fraction of sp³-hybridized carbons (Fsp3) is 0.0714. The molecule has 0 heterocycles. The lowest BCUT2D eigenvalue weighted by molar-refractivity contribution is 0.0692. The second-order valence-electron chi connectivity index (χ2n) is 4.05. The minimum atomic E-state index is -1.17. The van der Waals surface area contributed by atoms with Crippen molar-refractivity contribution in [3.63, 3.8) is 0 Å². The van der Waals surface area contributed by atoms with Gasteiger partial charge in [-0.2, -0.15) is 0 Å². The average molecular weight is 296 g/mol. The summed E-state index contributed by atoms with van der Waals surface area (Å²) in [6, 6.07) is 8.47. The second kappa shape index (κ2) is 5.79. The zero-order valence-corrected chi connectivity index (χ0v) is 11.0. The molecule has 6 heteroatoms. The summed E-state index contributed by atoms with van der Waals surface area (Å²) in [4.78, 5) is 11.1. The lowest BCUT2D eigenvalue weighted by atomic mass is 10.1. The molecule has 0 aliphatic heterocycles. The standard InChI is InChI=1S/C14H11ClFNO3/c15-11-2-1-3-12(16)10(11)7-20-13-5-4-8(17)6-9(13)14(18)19/h1-6H,7,17H2,(H,18,19). The lowest BCUT2D eigenvalue weighted by Gasteiger charge is -2.11. The maximum Gasteiger partial charge on any atom is 0.339 e. The highest BCUT2D eigenvalue weighted by Gasteiger charge is 2.14. The van der Waals surface area contributed by atoms with Crippen LogP contribution in [0.2, 0.25) is 5.02 Å². The highest BCUT2D eigenvalue weighted by Crippen LogP contribution is 2.25. The second-order valence-corrected chi connectivity index (χ2v) is 4.46. The predicted octanol–water partition coefficient (Wildman–Crippen LogP) is 3.34. The van der Waals surface area contributed by atoms with Crippen LogP contribution in [0.15, 0.2) is 36.4 Å². The lowest BCUT2D eigenvalue weighted by Crippen LogP contribution is -2.05. The topological polar surface area (TPSA) is 72.5 Å². The summed E-state index contributed by atoms with van der Waals surface area (Å²) in [5.74, 6) is -1.58. The zero-order valence-electron chi connectivity index (χ0n) is 10.3. The number of hydrogen-bond donors (Lipinski definition) is 2. The van der Waals surface area contributed by atoms with Gasteiger partial charge in [0.2, 0.25) is 0 Å². The average Bonchev–Trinajstić information content (AvgIpc) is 2.39. The Bertz CT molecular complexity index is 641. The van der Waals surface area contributed by atoms with Crippen LogP contribution in [0.3, 0.4) is 0 Å². The van der Waals surface area contributed by atoms with E-state index in [2.05, 4.69) is 0 Å². The van der Waals surface area contributed by atoms with E-state index in [4.69, 9.17) is 27.2 Å². The van der Waals surface area contributed by atoms with Gasteiger partial charge in [0.05, 0.1) is 5.02 Å². The minimum absolute atomic E-state index is 0.0857. The van der Waals surface area contributed by atoms with Crippen LogP contribution in [-0.4, -0.2) is 11.1 Å². The van der Waals surface area contributed by atoms with Crippen LogP contribution >= 0.6 is 11.6 Å². The number of hydrogen-bond acceptors (Lipinski definition) is 3. The fourth-order valence-electron chi connectivity index (χ4n) is 1.66. The van der Waals surface area contributed by atoms with Gasteiger partial charge in [-0.1, -0.05) is 17.7 Å². The number of anilines is 1. The summed E-state index contributed by atoms with van der Waals surface area (Å²) in [6.07, 6.45) is 0. The molecule has 0 aliphatic rings. The Labute approximate surface area is 119 Å². The van der Waals surface area contributed by atoms with Crippen LogP contribution in [0.1, 0.15) is 15.9 Å². The molecule has 0 radical (unpaired) electrons. The number of ether oxygens (including phenoxy) is 1. The van der Waals surface area contributed by atoms with Crippen molar-refractivity contribution in [1.82, 2.24) is 0 Å². The molecule has 0 aliphatic carbocycles. The summed E-state index contributed by atoms with van der Waals surface area (Å²) in [5.41, 5.74) is 5.91. The molecule has 4 nitrogen and oxygen atoms in total. The van der Waals surface area contributed by atoms with Crippen molar-refractivity contribution in [3.05, 3.63) is 58.4 Å². The quantitative estimate of drug-likeness (QED) is 0.849. The normalized spacial score (nSPS) is 10.3. The zero-order chi connectivity index (χ0) is 14.7. The molecule has 0 saturated heterocycles. The van der Waals surface area contributed by atoms with Gasteiger partial charge in [-0.3, -0.25) is 0 Å². The Balaban J connectivity index is 2.25. The van der Waals surface area contributed by atoms with E-state index in [1.165, 1.54) is 36.4 Å². The molecule has 2 aromatic carbocycles. The molecule has 0 atom stereocenters. The van der Waals surface area contributed by atoms with E-state index in [1.54, 1.807) is 0 Å². The van der Waals surface area contributed by atoms with Crippen LogP contribution in [-0.2, 0) is 6.61 Å². The molecule has 0 saturated carbocycles. The number of aromatic carboxylic acids is 1. The molecule has 0 amide bonds. The molecule has 0 spiro atoms. The molecule has 0 aromatic heterocycles. The number of rotatable bonds is 4. The van der Waals surface area contributed by atoms with E-state index >= 15 is 0 Å². The van der Waals surface area contributed by atoms with E-state index in [1.807, 2.05) is 0 Å². The highest BCUT2D eigenvalue weighted by atomic mass is 35.5. The summed E-state index contributed by atoms with van der Waals surface area (Å²) in [7, 11) is 0. The van der Waals surface area contributed by atoms with E-state index in [0.717, 1.165) is 0 Å². The van der Waals surface area contributed by atoms with Crippen molar-refractivity contribution < 1.29 is 19.0 Å². The number of carboxylic acid groups (broad SMARTS) is 1. The Kier molecular flexibility index (Phi) is 4.10. The van der Waals surface area contributed by atoms with Gasteiger partial charge in [-0.05, 0) is 30.3 Å². The molecule has 2 aromatic rings. The molecule has 3 N–H and O–H groups in total. The number of halogens is 2. The Hall–Kier alpha value is -2.27. The number of benzene rings is 2. The first-order valence-electron chi connectivity index (χ1n) is 5.67. The Morgan fingerprint density at radius 3 is 2.75 bits per heavy atom. The van der Waals surface area contributed by atoms with Crippen molar-refractivity contribution >= 4 is 23.3 Å². The SMILES string of the molecule is Nc1ccc(OCc2c(F)cccc2Cl)c(C(=O)O)c1. The monoisotopic (exact) mass is 295 g/mol. The van der Waals surface area contributed by atoms with E-state index in [9.17, 15) is 9.18 Å². The van der Waals surface area contributed by atoms with Crippen LogP contribution in [0.4, 0.5) is 10.1 Å². The first-order valence-corrected chi connectivity index (χ1v) is 6.05. The van der Waals surface area contributed by atoms with E-state index < -0.39 is 11.8 Å². The van der Waals surface area contributed by atoms with Gasteiger partial charge >= 0.3 is 5.97 Å². The van der Waals surface area contributed by atoms with Gasteiger partial charge in [0, 0.05) is 11.3 Å². The predicted molar refractivity (Wildman–Crippen MR) is 73.6 cm³/mol. The molecular weight excluding hydrogens is 285 g/mol. The first-order chi connectivity index (χ1) is 9.49. The summed E-state index contributed by atoms with van der Waals surface area (Å²) >= 11 is 5.87. The summed E-state index contributed by atoms with van der Waals surface area (Å²) in [6.45, 7) is -0.171. The minimum Gasteiger partial charge on any atom is -0.488 e. The smallest absolute Gasteiger partial charge is 0.339 e. The van der Waals surface area contributed by atoms with Crippen molar-refractivity contribution in [1.29, 1.82) is 0 Å². The molecule has 0 bridgehead atoms. The third-order valence-corrected chi connectivity index (χ3v) is 3.02. The third-order valence-electron chi connectivity index (χ3n) is 2.67. The molecule has 2 rings (SSSR count). The molecule has 20 heavy (non-hydrogen) atoms. The van der Waals surface area contributed by atoms with Crippen molar-refractivity contribution in [2.24, 2.45) is 0 Å². The fourth-order valence-corrected chi connectivity index (χ4v) is 1.88. The number of nitrogens with two attached hydrogens (primary N) is 1. The van der Waals surface area contributed by atoms with Crippen molar-refractivity contribution in [3.8, 4) is 5.75 Å². The van der Waals surface area contributed by atoms with Crippen LogP contribution in [0.5, 0.6) is 5.75 Å². The maximum atomic E-state index is 13.6. The highest BCUT2D eigenvalue weighted by molar-refractivity contribution is 6.31. The molecule has 0 unspecified atom stereocenters. The van der Waals surface area contributed by atoms with Crippen LogP contribution in [0, 0.1) is 5.82 Å². The molecule has 0 fully saturated rings. The third kappa shape index (κ3) is 3.00. The number of carbonyl (C=O) groups is 1. The van der Waals surface area contributed by atoms with Gasteiger partial charge in [-0.15, -0.1) is 0 Å². The molecular formula is C14H11ClFNO3. The largest absolute Gasteiger partial charge is 0.488 e. The van der Waals surface area contributed by atoms with Gasteiger partial charge in [0.25, 0.3) is 0 Å². The van der Waals surface area contributed by atoms with E-state index in [-0.39, 0.29) is 28.5 Å². The van der Waals surface area contributed by atoms with Crippen LogP contribution in [0.25, 0.3) is 0 Å². The summed E-state index contributed by atoms with van der Waals surface area (Å²) in [5, 5.41) is 9.28. The van der Waals surface area contributed by atoms with Gasteiger partial charge in [0.15, 0.2) is 0 Å². The number of carboxylic acids is 1. The van der Waals surface area contributed by atoms with Crippen molar-refractivity contribution in [2.45, 2.75) is 6.61 Å². The van der Waals surface area contributed by atoms with Crippen molar-refractivity contribution in [2.75, 3.05) is 5.73 Å². The van der Waals surface area contributed by atoms with Crippen LogP contribution < -0.4 is 10.5 Å².